The molecule has 0 unspecified atom stereocenters. The first-order valence-electron chi connectivity index (χ1n) is 6.58. The summed E-state index contributed by atoms with van der Waals surface area (Å²) in [6, 6.07) is 14.7. The predicted octanol–water partition coefficient (Wildman–Crippen LogP) is 4.88. The predicted molar refractivity (Wildman–Crippen MR) is 85.7 cm³/mol. The normalized spacial score (nSPS) is 10.6. The maximum atomic E-state index is 11.2. The van der Waals surface area contributed by atoms with Gasteiger partial charge in [0, 0.05) is 18.3 Å². The van der Waals surface area contributed by atoms with E-state index in [1.807, 2.05) is 36.2 Å². The molecule has 2 rings (SSSR count). The Labute approximate surface area is 124 Å². The van der Waals surface area contributed by atoms with Crippen molar-refractivity contribution in [2.45, 2.75) is 6.92 Å². The van der Waals surface area contributed by atoms with Crippen LogP contribution in [0, 0.1) is 0 Å². The quantitative estimate of drug-likeness (QED) is 0.578. The van der Waals surface area contributed by atoms with Crippen molar-refractivity contribution >= 4 is 22.8 Å². The molecule has 0 radical (unpaired) electrons. The molecule has 106 valence electrons. The van der Waals surface area contributed by atoms with Gasteiger partial charge in [0.05, 0.1) is 11.4 Å². The fraction of sp³-hybridized carbons (Fsp3) is 0.118. The average molecular weight is 279 g/mol. The summed E-state index contributed by atoms with van der Waals surface area (Å²) in [6.45, 7) is 5.25. The minimum absolute atomic E-state index is 0.0421. The second-order valence-corrected chi connectivity index (χ2v) is 4.61. The van der Waals surface area contributed by atoms with Crippen molar-refractivity contribution in [3.63, 3.8) is 0 Å². The van der Waals surface area contributed by atoms with E-state index in [-0.39, 0.29) is 5.78 Å². The fourth-order valence-corrected chi connectivity index (χ4v) is 1.74. The molecule has 0 bridgehead atoms. The van der Waals surface area contributed by atoms with Crippen molar-refractivity contribution in [1.82, 2.24) is 0 Å². The second kappa shape index (κ2) is 6.61. The smallest absolute Gasteiger partial charge is 0.159 e. The highest BCUT2D eigenvalue weighted by Crippen LogP contribution is 2.22. The molecule has 0 amide bonds. The first-order chi connectivity index (χ1) is 10.1. The maximum absolute atomic E-state index is 11.2. The van der Waals surface area contributed by atoms with Crippen LogP contribution in [0.4, 0.5) is 17.1 Å². The number of azo groups is 1. The van der Waals surface area contributed by atoms with Crippen molar-refractivity contribution < 1.29 is 4.79 Å². The molecule has 0 saturated heterocycles. The number of carbonyl (C=O) groups excluding carboxylic acids is 1. The molecule has 0 saturated carbocycles. The Morgan fingerprint density at radius 2 is 1.48 bits per heavy atom. The molecule has 21 heavy (non-hydrogen) atoms. The van der Waals surface area contributed by atoms with Gasteiger partial charge in [-0.3, -0.25) is 4.79 Å². The molecule has 4 nitrogen and oxygen atoms in total. The van der Waals surface area contributed by atoms with Gasteiger partial charge in [0.2, 0.25) is 0 Å². The molecule has 0 spiro atoms. The standard InChI is InChI=1S/C17H17N3O/c1-4-20(3)17-11-9-16(10-12-17)19-18-15-7-5-14(6-8-15)13(2)21/h4-12H,1H2,2-3H3/b19-18-. The van der Waals surface area contributed by atoms with E-state index >= 15 is 0 Å². The van der Waals surface area contributed by atoms with E-state index in [0.717, 1.165) is 11.4 Å². The molecule has 0 aliphatic heterocycles. The highest BCUT2D eigenvalue weighted by molar-refractivity contribution is 5.94. The number of carbonyl (C=O) groups is 1. The summed E-state index contributed by atoms with van der Waals surface area (Å²) in [5, 5.41) is 8.32. The van der Waals surface area contributed by atoms with Crippen molar-refractivity contribution in [2.24, 2.45) is 10.2 Å². The minimum Gasteiger partial charge on any atom is -0.352 e. The van der Waals surface area contributed by atoms with E-state index in [1.165, 1.54) is 0 Å². The summed E-state index contributed by atoms with van der Waals surface area (Å²) in [5.74, 6) is 0.0421. The lowest BCUT2D eigenvalue weighted by Gasteiger charge is -2.12. The van der Waals surface area contributed by atoms with Crippen LogP contribution in [0.2, 0.25) is 0 Å². The Balaban J connectivity index is 2.10. The lowest BCUT2D eigenvalue weighted by molar-refractivity contribution is 0.101. The van der Waals surface area contributed by atoms with Gasteiger partial charge in [0.15, 0.2) is 5.78 Å². The largest absolute Gasteiger partial charge is 0.352 e. The summed E-state index contributed by atoms with van der Waals surface area (Å²) in [5.41, 5.74) is 3.19. The van der Waals surface area contributed by atoms with Crippen molar-refractivity contribution in [1.29, 1.82) is 0 Å². The highest BCUT2D eigenvalue weighted by atomic mass is 16.1. The first-order valence-corrected chi connectivity index (χ1v) is 6.58. The number of rotatable bonds is 5. The Hall–Kier alpha value is -2.75. The summed E-state index contributed by atoms with van der Waals surface area (Å²) >= 11 is 0. The molecule has 0 aliphatic carbocycles. The molecule has 2 aromatic rings. The molecule has 0 N–H and O–H groups in total. The van der Waals surface area contributed by atoms with Gasteiger partial charge in [-0.1, -0.05) is 6.58 Å². The van der Waals surface area contributed by atoms with E-state index in [1.54, 1.807) is 37.4 Å². The van der Waals surface area contributed by atoms with Crippen LogP contribution in [0.1, 0.15) is 17.3 Å². The molecular weight excluding hydrogens is 262 g/mol. The van der Waals surface area contributed by atoms with Crippen LogP contribution in [0.3, 0.4) is 0 Å². The van der Waals surface area contributed by atoms with Crippen LogP contribution in [-0.2, 0) is 0 Å². The SMILES string of the molecule is C=CN(C)c1ccc(/N=N\c2ccc(C(C)=O)cc2)cc1. The van der Waals surface area contributed by atoms with E-state index in [0.29, 0.717) is 11.3 Å². The van der Waals surface area contributed by atoms with Crippen LogP contribution in [0.25, 0.3) is 0 Å². The van der Waals surface area contributed by atoms with E-state index < -0.39 is 0 Å². The number of benzene rings is 2. The molecule has 0 aliphatic rings. The van der Waals surface area contributed by atoms with E-state index in [4.69, 9.17) is 0 Å². The lowest BCUT2D eigenvalue weighted by Crippen LogP contribution is -2.05. The Morgan fingerprint density at radius 3 is 1.90 bits per heavy atom. The van der Waals surface area contributed by atoms with Crippen LogP contribution in [0.15, 0.2) is 71.5 Å². The third kappa shape index (κ3) is 3.86. The van der Waals surface area contributed by atoms with Crippen LogP contribution >= 0.6 is 0 Å². The van der Waals surface area contributed by atoms with Gasteiger partial charge in [0.1, 0.15) is 0 Å². The van der Waals surface area contributed by atoms with Gasteiger partial charge in [-0.05, 0) is 61.7 Å². The fourth-order valence-electron chi connectivity index (χ4n) is 1.74. The number of hydrogen-bond acceptors (Lipinski definition) is 4. The van der Waals surface area contributed by atoms with Gasteiger partial charge in [-0.2, -0.15) is 10.2 Å². The minimum atomic E-state index is 0.0421. The summed E-state index contributed by atoms with van der Waals surface area (Å²) in [6.07, 6.45) is 1.74. The van der Waals surface area contributed by atoms with Crippen LogP contribution in [-0.4, -0.2) is 12.8 Å². The van der Waals surface area contributed by atoms with Gasteiger partial charge >= 0.3 is 0 Å². The molecule has 0 heterocycles. The summed E-state index contributed by atoms with van der Waals surface area (Å²) < 4.78 is 0. The topological polar surface area (TPSA) is 45.0 Å². The van der Waals surface area contributed by atoms with Gasteiger partial charge in [0.25, 0.3) is 0 Å². The number of anilines is 1. The zero-order chi connectivity index (χ0) is 15.2. The Bertz CT molecular complexity index is 657. The highest BCUT2D eigenvalue weighted by Gasteiger charge is 1.99. The number of ketones is 1. The third-order valence-corrected chi connectivity index (χ3v) is 3.09. The van der Waals surface area contributed by atoms with E-state index in [2.05, 4.69) is 16.8 Å². The van der Waals surface area contributed by atoms with Gasteiger partial charge < -0.3 is 4.90 Å². The number of hydrogen-bond donors (Lipinski definition) is 0. The third-order valence-electron chi connectivity index (χ3n) is 3.09. The summed E-state index contributed by atoms with van der Waals surface area (Å²) in [4.78, 5) is 13.1. The zero-order valence-electron chi connectivity index (χ0n) is 12.2. The summed E-state index contributed by atoms with van der Waals surface area (Å²) in [7, 11) is 1.93. The second-order valence-electron chi connectivity index (χ2n) is 4.61. The average Bonchev–Trinajstić information content (AvgIpc) is 2.53. The van der Waals surface area contributed by atoms with Crippen molar-refractivity contribution in [3.8, 4) is 0 Å². The molecule has 0 aromatic heterocycles. The van der Waals surface area contributed by atoms with Gasteiger partial charge in [-0.25, -0.2) is 0 Å². The van der Waals surface area contributed by atoms with Crippen LogP contribution < -0.4 is 4.90 Å². The maximum Gasteiger partial charge on any atom is 0.159 e. The van der Waals surface area contributed by atoms with Crippen LogP contribution in [0.5, 0.6) is 0 Å². The van der Waals surface area contributed by atoms with Crippen molar-refractivity contribution in [3.05, 3.63) is 66.9 Å². The van der Waals surface area contributed by atoms with Gasteiger partial charge in [-0.15, -0.1) is 0 Å². The van der Waals surface area contributed by atoms with E-state index in [9.17, 15) is 4.79 Å². The lowest BCUT2D eigenvalue weighted by atomic mass is 10.1. The first kappa shape index (κ1) is 14.7. The molecule has 2 aromatic carbocycles. The number of nitrogens with zero attached hydrogens (tertiary/aromatic N) is 3. The number of Topliss-reactive ketones (excluding diaryl/α,β-unsaturated/α-hetero) is 1. The monoisotopic (exact) mass is 279 g/mol. The molecule has 4 heteroatoms. The molecular formula is C17H17N3O. The Morgan fingerprint density at radius 1 is 1.00 bits per heavy atom. The molecule has 0 atom stereocenters. The molecule has 0 fully saturated rings. The zero-order valence-corrected chi connectivity index (χ0v) is 12.2. The Kier molecular flexibility index (Phi) is 4.61. The van der Waals surface area contributed by atoms with Crippen molar-refractivity contribution in [2.75, 3.05) is 11.9 Å².